The number of rotatable bonds is 3. The van der Waals surface area contributed by atoms with Crippen LogP contribution in [0.5, 0.6) is 0 Å². The normalized spacial score (nSPS) is 33.8. The summed E-state index contributed by atoms with van der Waals surface area (Å²) in [5.74, 6) is 0.524. The lowest BCUT2D eigenvalue weighted by molar-refractivity contribution is -0.139. The molecule has 0 bridgehead atoms. The predicted octanol–water partition coefficient (Wildman–Crippen LogP) is 1.42. The number of hydrogen-bond acceptors (Lipinski definition) is 3. The molecule has 106 valence electrons. The molecule has 5 heteroatoms. The van der Waals surface area contributed by atoms with Crippen LogP contribution < -0.4 is 5.73 Å². The Bertz CT molecular complexity index is 309. The summed E-state index contributed by atoms with van der Waals surface area (Å²) in [5.41, 5.74) is 5.99. The van der Waals surface area contributed by atoms with Crippen LogP contribution in [0, 0.1) is 11.3 Å². The number of hydrogen-bond donors (Lipinski definition) is 1. The van der Waals surface area contributed by atoms with Crippen molar-refractivity contribution in [1.82, 2.24) is 4.90 Å². The molecule has 2 fully saturated rings. The van der Waals surface area contributed by atoms with E-state index in [4.69, 9.17) is 10.5 Å². The number of ether oxygens (including phenoxy) is 1. The number of carbonyl (C=O) groups excluding carboxylic acids is 1. The molecule has 4 nitrogen and oxygen atoms in total. The van der Waals surface area contributed by atoms with Crippen molar-refractivity contribution in [2.45, 2.75) is 45.3 Å². The summed E-state index contributed by atoms with van der Waals surface area (Å²) in [6, 6.07) is 0.164. The minimum atomic E-state index is 0. The maximum Gasteiger partial charge on any atom is 0.226 e. The summed E-state index contributed by atoms with van der Waals surface area (Å²) in [6.45, 7) is 5.66. The molecule has 3 atom stereocenters. The third-order valence-electron chi connectivity index (χ3n) is 4.37. The van der Waals surface area contributed by atoms with Gasteiger partial charge in [0.25, 0.3) is 0 Å². The van der Waals surface area contributed by atoms with Crippen molar-refractivity contribution in [3.05, 3.63) is 0 Å². The zero-order chi connectivity index (χ0) is 12.6. The maximum atomic E-state index is 12.4. The number of nitrogens with two attached hydrogens (primary N) is 1. The van der Waals surface area contributed by atoms with Crippen molar-refractivity contribution in [3.8, 4) is 0 Å². The predicted molar refractivity (Wildman–Crippen MR) is 73.7 cm³/mol. The van der Waals surface area contributed by atoms with Gasteiger partial charge in [0.05, 0.1) is 6.10 Å². The molecule has 2 N–H and O–H groups in total. The molecule has 1 aliphatic heterocycles. The molecule has 1 aliphatic carbocycles. The van der Waals surface area contributed by atoms with Crippen LogP contribution in [0.3, 0.4) is 0 Å². The van der Waals surface area contributed by atoms with Crippen LogP contribution in [0.25, 0.3) is 0 Å². The van der Waals surface area contributed by atoms with E-state index < -0.39 is 0 Å². The first-order chi connectivity index (χ1) is 7.99. The second kappa shape index (κ2) is 5.76. The fraction of sp³-hybridized carbons (Fsp3) is 0.923. The van der Waals surface area contributed by atoms with Gasteiger partial charge in [0.1, 0.15) is 0 Å². The highest BCUT2D eigenvalue weighted by Gasteiger charge is 2.53. The van der Waals surface area contributed by atoms with Crippen LogP contribution in [0.2, 0.25) is 0 Å². The largest absolute Gasteiger partial charge is 0.381 e. The Morgan fingerprint density at radius 3 is 2.56 bits per heavy atom. The molecule has 0 spiro atoms. The van der Waals surface area contributed by atoms with E-state index in [1.807, 2.05) is 4.90 Å². The average molecular weight is 277 g/mol. The van der Waals surface area contributed by atoms with Crippen LogP contribution in [0.4, 0.5) is 0 Å². The molecular weight excluding hydrogens is 252 g/mol. The number of amides is 1. The Morgan fingerprint density at radius 2 is 2.11 bits per heavy atom. The van der Waals surface area contributed by atoms with Crippen molar-refractivity contribution in [3.63, 3.8) is 0 Å². The van der Waals surface area contributed by atoms with E-state index in [0.717, 1.165) is 25.8 Å². The molecule has 1 saturated carbocycles. The molecular formula is C13H25ClN2O2. The molecule has 2 rings (SSSR count). The van der Waals surface area contributed by atoms with Crippen LogP contribution in [-0.4, -0.2) is 43.2 Å². The highest BCUT2D eigenvalue weighted by molar-refractivity contribution is 5.85. The number of methoxy groups -OCH3 is 1. The fourth-order valence-electron chi connectivity index (χ4n) is 2.83. The van der Waals surface area contributed by atoms with Gasteiger partial charge in [-0.25, -0.2) is 0 Å². The van der Waals surface area contributed by atoms with Crippen LogP contribution in [0.1, 0.15) is 33.1 Å². The summed E-state index contributed by atoms with van der Waals surface area (Å²) in [6.07, 6.45) is 3.10. The quantitative estimate of drug-likeness (QED) is 0.848. The van der Waals surface area contributed by atoms with Crippen LogP contribution >= 0.6 is 12.4 Å². The molecule has 0 aromatic carbocycles. The Morgan fingerprint density at radius 1 is 1.50 bits per heavy atom. The van der Waals surface area contributed by atoms with E-state index in [-0.39, 0.29) is 35.9 Å². The third kappa shape index (κ3) is 2.98. The second-order valence-corrected chi connectivity index (χ2v) is 6.05. The van der Waals surface area contributed by atoms with E-state index >= 15 is 0 Å². The zero-order valence-electron chi connectivity index (χ0n) is 11.5. The number of nitrogens with zero attached hydrogens (tertiary/aromatic N) is 1. The van der Waals surface area contributed by atoms with Gasteiger partial charge < -0.3 is 15.4 Å². The van der Waals surface area contributed by atoms with Crippen molar-refractivity contribution < 1.29 is 9.53 Å². The molecule has 3 unspecified atom stereocenters. The van der Waals surface area contributed by atoms with Crippen molar-refractivity contribution in [1.29, 1.82) is 0 Å². The molecule has 0 aromatic heterocycles. The molecule has 1 heterocycles. The third-order valence-corrected chi connectivity index (χ3v) is 4.37. The van der Waals surface area contributed by atoms with Gasteiger partial charge in [0.15, 0.2) is 0 Å². The summed E-state index contributed by atoms with van der Waals surface area (Å²) in [4.78, 5) is 14.4. The van der Waals surface area contributed by atoms with Gasteiger partial charge in [0, 0.05) is 32.2 Å². The summed E-state index contributed by atoms with van der Waals surface area (Å²) < 4.78 is 5.37. The Balaban J connectivity index is 0.00000162. The lowest BCUT2D eigenvalue weighted by atomic mass is 9.98. The highest BCUT2D eigenvalue weighted by atomic mass is 35.5. The molecule has 1 saturated heterocycles. The lowest BCUT2D eigenvalue weighted by Crippen LogP contribution is -2.52. The first-order valence-electron chi connectivity index (χ1n) is 6.53. The van der Waals surface area contributed by atoms with E-state index in [0.29, 0.717) is 12.5 Å². The summed E-state index contributed by atoms with van der Waals surface area (Å²) >= 11 is 0. The Labute approximate surface area is 116 Å². The molecule has 0 aromatic rings. The molecule has 0 radical (unpaired) electrons. The number of carbonyl (C=O) groups is 1. The van der Waals surface area contributed by atoms with Gasteiger partial charge >= 0.3 is 0 Å². The first-order valence-corrected chi connectivity index (χ1v) is 6.53. The van der Waals surface area contributed by atoms with E-state index in [9.17, 15) is 4.79 Å². The summed E-state index contributed by atoms with van der Waals surface area (Å²) in [7, 11) is 1.74. The molecule has 1 amide bonds. The topological polar surface area (TPSA) is 55.6 Å². The Kier molecular flexibility index (Phi) is 5.04. The van der Waals surface area contributed by atoms with Crippen molar-refractivity contribution >= 4 is 18.3 Å². The van der Waals surface area contributed by atoms with Gasteiger partial charge in [-0.3, -0.25) is 4.79 Å². The first kappa shape index (κ1) is 15.7. The van der Waals surface area contributed by atoms with E-state index in [2.05, 4.69) is 13.8 Å². The van der Waals surface area contributed by atoms with E-state index in [1.165, 1.54) is 0 Å². The zero-order valence-corrected chi connectivity index (χ0v) is 12.3. The van der Waals surface area contributed by atoms with Gasteiger partial charge in [-0.15, -0.1) is 12.4 Å². The maximum absolute atomic E-state index is 12.4. The summed E-state index contributed by atoms with van der Waals surface area (Å²) in [5, 5.41) is 0. The standard InChI is InChI=1S/C13H24N2O2.ClH/c1-13(2)7-11(13)12(16)15-5-4-10(17-3)6-9(15)8-14;/h9-11H,4-8,14H2,1-3H3;1H. The van der Waals surface area contributed by atoms with Gasteiger partial charge in [-0.1, -0.05) is 13.8 Å². The van der Waals surface area contributed by atoms with Gasteiger partial charge in [0.2, 0.25) is 5.91 Å². The van der Waals surface area contributed by atoms with E-state index in [1.54, 1.807) is 7.11 Å². The Hall–Kier alpha value is -0.320. The minimum Gasteiger partial charge on any atom is -0.381 e. The molecule has 18 heavy (non-hydrogen) atoms. The second-order valence-electron chi connectivity index (χ2n) is 6.05. The fourth-order valence-corrected chi connectivity index (χ4v) is 2.83. The molecule has 2 aliphatic rings. The van der Waals surface area contributed by atoms with Crippen LogP contribution in [-0.2, 0) is 9.53 Å². The van der Waals surface area contributed by atoms with Crippen molar-refractivity contribution in [2.24, 2.45) is 17.1 Å². The number of halogens is 1. The van der Waals surface area contributed by atoms with Crippen molar-refractivity contribution in [2.75, 3.05) is 20.2 Å². The number of likely N-dealkylation sites (tertiary alicyclic amines) is 1. The minimum absolute atomic E-state index is 0. The van der Waals surface area contributed by atoms with Gasteiger partial charge in [-0.05, 0) is 24.7 Å². The number of piperidine rings is 1. The lowest BCUT2D eigenvalue weighted by Gasteiger charge is -2.39. The monoisotopic (exact) mass is 276 g/mol. The average Bonchev–Trinajstić information content (AvgIpc) is 2.96. The SMILES string of the molecule is COC1CCN(C(=O)C2CC2(C)C)C(CN)C1.Cl. The van der Waals surface area contributed by atoms with Gasteiger partial charge in [-0.2, -0.15) is 0 Å². The van der Waals surface area contributed by atoms with Crippen LogP contribution in [0.15, 0.2) is 0 Å². The highest BCUT2D eigenvalue weighted by Crippen LogP contribution is 2.52. The smallest absolute Gasteiger partial charge is 0.226 e.